The Bertz CT molecular complexity index is 549. The number of hydrogen-bond donors (Lipinski definition) is 1. The van der Waals surface area contributed by atoms with E-state index in [4.69, 9.17) is 5.11 Å². The smallest absolute Gasteiger partial charge is 0.329 e. The highest BCUT2D eigenvalue weighted by Gasteiger charge is 2.13. The molecule has 0 saturated heterocycles. The van der Waals surface area contributed by atoms with Crippen molar-refractivity contribution in [3.63, 3.8) is 0 Å². The molecular formula is C9H6F2O4S. The highest BCUT2D eigenvalue weighted by atomic mass is 32.2. The zero-order chi connectivity index (χ0) is 12.3. The van der Waals surface area contributed by atoms with Crippen molar-refractivity contribution >= 4 is 15.8 Å². The Morgan fingerprint density at radius 2 is 1.88 bits per heavy atom. The molecule has 86 valence electrons. The van der Waals surface area contributed by atoms with Crippen molar-refractivity contribution in [2.75, 3.05) is 0 Å². The van der Waals surface area contributed by atoms with Gasteiger partial charge >= 0.3 is 5.97 Å². The van der Waals surface area contributed by atoms with E-state index in [0.717, 1.165) is 6.07 Å². The van der Waals surface area contributed by atoms with Crippen molar-refractivity contribution in [2.24, 2.45) is 0 Å². The molecule has 0 bridgehead atoms. The number of carboxylic acid groups (broad SMARTS) is 1. The first kappa shape index (κ1) is 12.3. The zero-order valence-corrected chi connectivity index (χ0v) is 8.54. The minimum absolute atomic E-state index is 0.399. The SMILES string of the molecule is O=C(O)/C=C/S(=O)(=O)c1ccc(F)c(F)c1. The molecule has 0 heterocycles. The fourth-order valence-corrected chi connectivity index (χ4v) is 1.86. The van der Waals surface area contributed by atoms with Crippen LogP contribution < -0.4 is 0 Å². The molecule has 0 fully saturated rings. The molecule has 0 aliphatic heterocycles. The molecule has 0 aliphatic carbocycles. The Balaban J connectivity index is 3.18. The summed E-state index contributed by atoms with van der Waals surface area (Å²) in [5, 5.41) is 8.64. The maximum atomic E-state index is 12.7. The molecule has 1 aromatic carbocycles. The average molecular weight is 248 g/mol. The molecule has 0 spiro atoms. The van der Waals surface area contributed by atoms with Crippen molar-refractivity contribution < 1.29 is 27.1 Å². The van der Waals surface area contributed by atoms with Crippen LogP contribution in [0.5, 0.6) is 0 Å². The van der Waals surface area contributed by atoms with Crippen LogP contribution in [0.1, 0.15) is 0 Å². The summed E-state index contributed by atoms with van der Waals surface area (Å²) >= 11 is 0. The zero-order valence-electron chi connectivity index (χ0n) is 7.72. The lowest BCUT2D eigenvalue weighted by molar-refractivity contribution is -0.131. The first-order valence-corrected chi connectivity index (χ1v) is 5.49. The third-order valence-corrected chi connectivity index (χ3v) is 3.01. The molecule has 0 saturated carbocycles. The number of aliphatic carboxylic acids is 1. The van der Waals surface area contributed by atoms with Crippen LogP contribution in [0.15, 0.2) is 34.6 Å². The van der Waals surface area contributed by atoms with Gasteiger partial charge in [-0.25, -0.2) is 22.0 Å². The summed E-state index contributed by atoms with van der Waals surface area (Å²) < 4.78 is 48.0. The van der Waals surface area contributed by atoms with E-state index in [9.17, 15) is 22.0 Å². The second-order valence-corrected chi connectivity index (χ2v) is 4.60. The molecule has 0 unspecified atom stereocenters. The number of benzene rings is 1. The van der Waals surface area contributed by atoms with E-state index in [2.05, 4.69) is 0 Å². The molecule has 0 aliphatic rings. The monoisotopic (exact) mass is 248 g/mol. The van der Waals surface area contributed by atoms with Crippen LogP contribution in [-0.2, 0) is 14.6 Å². The predicted octanol–water partition coefficient (Wildman–Crippen LogP) is 1.34. The Morgan fingerprint density at radius 3 is 2.38 bits per heavy atom. The molecule has 0 aromatic heterocycles. The first-order valence-electron chi connectivity index (χ1n) is 3.94. The maximum absolute atomic E-state index is 12.7. The van der Waals surface area contributed by atoms with E-state index in [1.807, 2.05) is 0 Å². The second-order valence-electron chi connectivity index (χ2n) is 2.76. The molecular weight excluding hydrogens is 242 g/mol. The second kappa shape index (κ2) is 4.40. The van der Waals surface area contributed by atoms with Gasteiger partial charge in [0, 0.05) is 11.5 Å². The fraction of sp³-hybridized carbons (Fsp3) is 0. The topological polar surface area (TPSA) is 71.4 Å². The van der Waals surface area contributed by atoms with E-state index in [1.54, 1.807) is 0 Å². The van der Waals surface area contributed by atoms with Crippen molar-refractivity contribution in [1.82, 2.24) is 0 Å². The van der Waals surface area contributed by atoms with Gasteiger partial charge in [-0.15, -0.1) is 0 Å². The van der Waals surface area contributed by atoms with Crippen LogP contribution in [0.25, 0.3) is 0 Å². The molecule has 0 amide bonds. The van der Waals surface area contributed by atoms with Gasteiger partial charge in [-0.3, -0.25) is 0 Å². The summed E-state index contributed by atoms with van der Waals surface area (Å²) in [6.07, 6.45) is 0.399. The number of carbonyl (C=O) groups is 1. The predicted molar refractivity (Wildman–Crippen MR) is 50.3 cm³/mol. The standard InChI is InChI=1S/C9H6F2O4S/c10-7-2-1-6(5-8(7)11)16(14,15)4-3-9(12)13/h1-5H,(H,12,13)/b4-3+. The summed E-state index contributed by atoms with van der Waals surface area (Å²) in [5.74, 6) is -3.95. The van der Waals surface area contributed by atoms with Gasteiger partial charge in [-0.2, -0.15) is 0 Å². The third-order valence-electron chi connectivity index (χ3n) is 1.61. The Labute approximate surface area is 89.7 Å². The summed E-state index contributed by atoms with van der Waals surface area (Å²) in [7, 11) is -4.06. The molecule has 1 rings (SSSR count). The van der Waals surface area contributed by atoms with Gasteiger partial charge in [0.25, 0.3) is 0 Å². The molecule has 7 heteroatoms. The van der Waals surface area contributed by atoms with Crippen LogP contribution in [0.3, 0.4) is 0 Å². The van der Waals surface area contributed by atoms with Crippen LogP contribution >= 0.6 is 0 Å². The van der Waals surface area contributed by atoms with E-state index >= 15 is 0 Å². The van der Waals surface area contributed by atoms with Crippen molar-refractivity contribution in [3.8, 4) is 0 Å². The summed E-state index contributed by atoms with van der Waals surface area (Å²) in [5.41, 5.74) is 0. The lowest BCUT2D eigenvalue weighted by atomic mass is 10.3. The summed E-state index contributed by atoms with van der Waals surface area (Å²) in [6.45, 7) is 0. The van der Waals surface area contributed by atoms with Gasteiger partial charge in [0.2, 0.25) is 0 Å². The molecule has 0 atom stereocenters. The molecule has 1 N–H and O–H groups in total. The number of sulfone groups is 1. The van der Waals surface area contributed by atoms with Crippen LogP contribution in [0.4, 0.5) is 8.78 Å². The number of carboxylic acids is 1. The van der Waals surface area contributed by atoms with Gasteiger partial charge in [-0.1, -0.05) is 0 Å². The van der Waals surface area contributed by atoms with E-state index < -0.39 is 32.3 Å². The third kappa shape index (κ3) is 2.86. The quantitative estimate of drug-likeness (QED) is 0.647. The van der Waals surface area contributed by atoms with Crippen molar-refractivity contribution in [2.45, 2.75) is 4.90 Å². The summed E-state index contributed by atoms with van der Waals surface area (Å²) in [4.78, 5) is 9.60. The number of hydrogen-bond acceptors (Lipinski definition) is 3. The van der Waals surface area contributed by atoms with Crippen LogP contribution in [0, 0.1) is 11.6 Å². The average Bonchev–Trinajstić information content (AvgIpc) is 2.19. The lowest BCUT2D eigenvalue weighted by Crippen LogP contribution is -1.99. The van der Waals surface area contributed by atoms with Crippen molar-refractivity contribution in [3.05, 3.63) is 41.3 Å². The van der Waals surface area contributed by atoms with Crippen molar-refractivity contribution in [1.29, 1.82) is 0 Å². The van der Waals surface area contributed by atoms with Gasteiger partial charge < -0.3 is 5.11 Å². The molecule has 1 aromatic rings. The minimum atomic E-state index is -4.06. The highest BCUT2D eigenvalue weighted by molar-refractivity contribution is 7.94. The maximum Gasteiger partial charge on any atom is 0.329 e. The highest BCUT2D eigenvalue weighted by Crippen LogP contribution is 2.15. The Kier molecular flexibility index (Phi) is 3.38. The summed E-state index contributed by atoms with van der Waals surface area (Å²) in [6, 6.07) is 1.98. The van der Waals surface area contributed by atoms with Gasteiger partial charge in [0.15, 0.2) is 21.5 Å². The Morgan fingerprint density at radius 1 is 1.25 bits per heavy atom. The minimum Gasteiger partial charge on any atom is -0.478 e. The van der Waals surface area contributed by atoms with E-state index in [0.29, 0.717) is 23.6 Å². The van der Waals surface area contributed by atoms with Gasteiger partial charge in [0.1, 0.15) is 0 Å². The van der Waals surface area contributed by atoms with Crippen LogP contribution in [-0.4, -0.2) is 19.5 Å². The largest absolute Gasteiger partial charge is 0.478 e. The number of halogens is 2. The Hall–Kier alpha value is -1.76. The molecule has 16 heavy (non-hydrogen) atoms. The molecule has 4 nitrogen and oxygen atoms in total. The van der Waals surface area contributed by atoms with E-state index in [-0.39, 0.29) is 0 Å². The number of rotatable bonds is 3. The van der Waals surface area contributed by atoms with Crippen LogP contribution in [0.2, 0.25) is 0 Å². The normalized spacial score (nSPS) is 11.9. The van der Waals surface area contributed by atoms with Gasteiger partial charge in [-0.05, 0) is 18.2 Å². The first-order chi connectivity index (χ1) is 7.33. The molecule has 0 radical (unpaired) electrons. The van der Waals surface area contributed by atoms with E-state index in [1.165, 1.54) is 0 Å². The van der Waals surface area contributed by atoms with Gasteiger partial charge in [0.05, 0.1) is 4.90 Å². The lowest BCUT2D eigenvalue weighted by Gasteiger charge is -1.99. The fourth-order valence-electron chi connectivity index (χ4n) is 0.880.